The first kappa shape index (κ1) is 22.2. The molecule has 162 valence electrons. The number of hydrogen-bond acceptors (Lipinski definition) is 5. The highest BCUT2D eigenvalue weighted by Crippen LogP contribution is 2.36. The minimum absolute atomic E-state index is 0.0717. The van der Waals surface area contributed by atoms with Crippen LogP contribution in [-0.2, 0) is 25.4 Å². The van der Waals surface area contributed by atoms with Crippen LogP contribution in [-0.4, -0.2) is 19.2 Å². The van der Waals surface area contributed by atoms with Gasteiger partial charge in [0.05, 0.1) is 18.8 Å². The Hall–Kier alpha value is -2.49. The van der Waals surface area contributed by atoms with Crippen molar-refractivity contribution in [2.75, 3.05) is 13.2 Å². The monoisotopic (exact) mass is 428 g/mol. The zero-order valence-electron chi connectivity index (χ0n) is 16.1. The fourth-order valence-corrected chi connectivity index (χ4v) is 3.07. The lowest BCUT2D eigenvalue weighted by Gasteiger charge is -2.29. The van der Waals surface area contributed by atoms with Gasteiger partial charge in [-0.05, 0) is 30.7 Å². The van der Waals surface area contributed by atoms with Gasteiger partial charge in [0.25, 0.3) is 0 Å². The number of halogens is 4. The van der Waals surface area contributed by atoms with E-state index in [1.807, 2.05) is 6.92 Å². The van der Waals surface area contributed by atoms with E-state index in [0.717, 1.165) is 12.8 Å². The highest BCUT2D eigenvalue weighted by molar-refractivity contribution is 5.88. The van der Waals surface area contributed by atoms with E-state index in [1.165, 1.54) is 24.3 Å². The van der Waals surface area contributed by atoms with Crippen molar-refractivity contribution in [2.24, 2.45) is 5.92 Å². The molecule has 1 aliphatic rings. The number of carbonyl (C=O) groups is 1. The molecule has 1 aliphatic heterocycles. The van der Waals surface area contributed by atoms with Crippen molar-refractivity contribution < 1.29 is 41.6 Å². The first-order valence-electron chi connectivity index (χ1n) is 9.37. The van der Waals surface area contributed by atoms with Crippen molar-refractivity contribution in [2.45, 2.75) is 32.2 Å². The first-order chi connectivity index (χ1) is 14.3. The number of hydrogen-bond donors (Lipinski definition) is 0. The SMILES string of the molecule is CCCC1COC(c2cc(F)c(C(F)(F)OOC(=O)c3ccccc3)c(F)c2)OC1. The Balaban J connectivity index is 1.70. The Morgan fingerprint density at radius 1 is 1.10 bits per heavy atom. The lowest BCUT2D eigenvalue weighted by Crippen LogP contribution is -2.28. The number of carbonyl (C=O) groups excluding carboxylic acids is 1. The average molecular weight is 428 g/mol. The smallest absolute Gasteiger partial charge is 0.348 e. The van der Waals surface area contributed by atoms with E-state index in [-0.39, 0.29) is 17.0 Å². The standard InChI is InChI=1S/C21H20F4O5/c1-2-6-13-11-27-20(28-12-13)15-9-16(22)18(17(23)10-15)21(24,25)30-29-19(26)14-7-4-3-5-8-14/h3-5,7-10,13,20H,2,6,11-12H2,1H3. The first-order valence-corrected chi connectivity index (χ1v) is 9.37. The molecule has 0 N–H and O–H groups in total. The van der Waals surface area contributed by atoms with E-state index in [1.54, 1.807) is 6.07 Å². The number of benzene rings is 2. The molecule has 0 aromatic heterocycles. The fraction of sp³-hybridized carbons (Fsp3) is 0.381. The van der Waals surface area contributed by atoms with Gasteiger partial charge in [-0.25, -0.2) is 13.6 Å². The quantitative estimate of drug-likeness (QED) is 0.342. The predicted molar refractivity (Wildman–Crippen MR) is 96.2 cm³/mol. The topological polar surface area (TPSA) is 54.0 Å². The molecule has 30 heavy (non-hydrogen) atoms. The zero-order chi connectivity index (χ0) is 21.7. The van der Waals surface area contributed by atoms with Gasteiger partial charge in [0.15, 0.2) is 6.29 Å². The second-order valence-electron chi connectivity index (χ2n) is 6.85. The molecule has 0 spiro atoms. The second-order valence-corrected chi connectivity index (χ2v) is 6.85. The molecule has 0 radical (unpaired) electrons. The van der Waals surface area contributed by atoms with Crippen LogP contribution in [0.5, 0.6) is 0 Å². The molecular formula is C21H20F4O5. The Morgan fingerprint density at radius 3 is 2.27 bits per heavy atom. The molecule has 0 saturated carbocycles. The predicted octanol–water partition coefficient (Wildman–Crippen LogP) is 5.26. The summed E-state index contributed by atoms with van der Waals surface area (Å²) in [6.07, 6.45) is -3.82. The van der Waals surface area contributed by atoms with Gasteiger partial charge in [0.2, 0.25) is 0 Å². The summed E-state index contributed by atoms with van der Waals surface area (Å²) in [6, 6.07) is 8.52. The van der Waals surface area contributed by atoms with E-state index in [2.05, 4.69) is 9.78 Å². The normalized spacial score (nSPS) is 19.5. The maximum atomic E-state index is 14.4. The lowest BCUT2D eigenvalue weighted by atomic mass is 10.0. The average Bonchev–Trinajstić information content (AvgIpc) is 2.73. The van der Waals surface area contributed by atoms with Gasteiger partial charge in [0, 0.05) is 11.5 Å². The van der Waals surface area contributed by atoms with Crippen LogP contribution in [0.2, 0.25) is 0 Å². The van der Waals surface area contributed by atoms with Crippen LogP contribution in [0.4, 0.5) is 17.6 Å². The molecule has 0 atom stereocenters. The van der Waals surface area contributed by atoms with Crippen LogP contribution in [0.15, 0.2) is 42.5 Å². The molecule has 0 aliphatic carbocycles. The third-order valence-electron chi connectivity index (χ3n) is 4.52. The molecule has 0 bridgehead atoms. The van der Waals surface area contributed by atoms with Gasteiger partial charge in [-0.1, -0.05) is 31.5 Å². The van der Waals surface area contributed by atoms with Crippen LogP contribution < -0.4 is 0 Å². The summed E-state index contributed by atoms with van der Waals surface area (Å²) in [7, 11) is 0. The molecule has 2 aromatic carbocycles. The van der Waals surface area contributed by atoms with Gasteiger partial charge in [-0.3, -0.25) is 4.89 Å². The van der Waals surface area contributed by atoms with Crippen LogP contribution in [0.3, 0.4) is 0 Å². The Kier molecular flexibility index (Phi) is 7.06. The van der Waals surface area contributed by atoms with Crippen molar-refractivity contribution in [3.63, 3.8) is 0 Å². The van der Waals surface area contributed by atoms with E-state index < -0.39 is 35.6 Å². The second kappa shape index (κ2) is 9.55. The Bertz CT molecular complexity index is 844. The summed E-state index contributed by atoms with van der Waals surface area (Å²) in [6.45, 7) is 2.67. The molecule has 0 amide bonds. The van der Waals surface area contributed by atoms with Gasteiger partial charge < -0.3 is 9.47 Å². The van der Waals surface area contributed by atoms with Crippen molar-refractivity contribution in [1.29, 1.82) is 0 Å². The molecule has 5 nitrogen and oxygen atoms in total. The molecule has 2 aromatic rings. The summed E-state index contributed by atoms with van der Waals surface area (Å²) in [5.74, 6) is -4.25. The van der Waals surface area contributed by atoms with Crippen LogP contribution >= 0.6 is 0 Å². The minimum Gasteiger partial charge on any atom is -0.348 e. The molecule has 1 saturated heterocycles. The van der Waals surface area contributed by atoms with Crippen molar-refractivity contribution in [1.82, 2.24) is 0 Å². The third kappa shape index (κ3) is 5.16. The highest BCUT2D eigenvalue weighted by atomic mass is 19.3. The van der Waals surface area contributed by atoms with Crippen molar-refractivity contribution in [3.8, 4) is 0 Å². The van der Waals surface area contributed by atoms with Gasteiger partial charge in [-0.15, -0.1) is 4.89 Å². The number of alkyl halides is 2. The summed E-state index contributed by atoms with van der Waals surface area (Å²) in [5, 5.41) is 0. The van der Waals surface area contributed by atoms with E-state index in [4.69, 9.17) is 9.47 Å². The van der Waals surface area contributed by atoms with E-state index in [0.29, 0.717) is 25.3 Å². The summed E-state index contributed by atoms with van der Waals surface area (Å²) >= 11 is 0. The summed E-state index contributed by atoms with van der Waals surface area (Å²) in [5.41, 5.74) is -1.84. The van der Waals surface area contributed by atoms with Gasteiger partial charge in [-0.2, -0.15) is 8.78 Å². The molecule has 3 rings (SSSR count). The lowest BCUT2D eigenvalue weighted by molar-refractivity contribution is -0.417. The Morgan fingerprint density at radius 2 is 1.70 bits per heavy atom. The molecule has 0 unspecified atom stereocenters. The van der Waals surface area contributed by atoms with Crippen LogP contribution in [0.1, 0.15) is 47.5 Å². The van der Waals surface area contributed by atoms with Crippen LogP contribution in [0, 0.1) is 17.6 Å². The molecular weight excluding hydrogens is 408 g/mol. The highest BCUT2D eigenvalue weighted by Gasteiger charge is 2.43. The van der Waals surface area contributed by atoms with E-state index >= 15 is 0 Å². The van der Waals surface area contributed by atoms with Crippen molar-refractivity contribution >= 4 is 5.97 Å². The minimum atomic E-state index is -4.56. The van der Waals surface area contributed by atoms with Gasteiger partial charge >= 0.3 is 12.1 Å². The fourth-order valence-electron chi connectivity index (χ4n) is 3.07. The molecule has 9 heteroatoms. The maximum Gasteiger partial charge on any atom is 0.423 e. The summed E-state index contributed by atoms with van der Waals surface area (Å²) < 4.78 is 68.1. The van der Waals surface area contributed by atoms with Crippen molar-refractivity contribution in [3.05, 3.63) is 70.8 Å². The third-order valence-corrected chi connectivity index (χ3v) is 4.52. The van der Waals surface area contributed by atoms with Gasteiger partial charge in [0.1, 0.15) is 17.2 Å². The van der Waals surface area contributed by atoms with E-state index in [9.17, 15) is 22.4 Å². The molecule has 1 heterocycles. The maximum absolute atomic E-state index is 14.4. The number of ether oxygens (including phenoxy) is 2. The molecule has 1 fully saturated rings. The largest absolute Gasteiger partial charge is 0.423 e. The zero-order valence-corrected chi connectivity index (χ0v) is 16.1. The number of rotatable bonds is 7. The summed E-state index contributed by atoms with van der Waals surface area (Å²) in [4.78, 5) is 19.6. The van der Waals surface area contributed by atoms with Crippen LogP contribution in [0.25, 0.3) is 0 Å². The Labute approximate surface area is 170 Å².